The van der Waals surface area contributed by atoms with Crippen LogP contribution in [0.4, 0.5) is 10.3 Å². The number of nitrogen functional groups attached to an aromatic ring is 1. The Hall–Kier alpha value is -2.09. The first-order valence-electron chi connectivity index (χ1n) is 6.13. The van der Waals surface area contributed by atoms with Gasteiger partial charge in [0.15, 0.2) is 5.82 Å². The van der Waals surface area contributed by atoms with Crippen LogP contribution in [0.25, 0.3) is 11.0 Å². The Bertz CT molecular complexity index is 750. The smallest absolute Gasteiger partial charge is 0.216 e. The lowest BCUT2D eigenvalue weighted by atomic mass is 10.3. The number of aryl methyl sites for hydroxylation is 1. The molecule has 2 heterocycles. The summed E-state index contributed by atoms with van der Waals surface area (Å²) >= 11 is 1.41. The molecule has 6 nitrogen and oxygen atoms in total. The first kappa shape index (κ1) is 12.9. The number of nitrogens with one attached hydrogen (secondary N) is 1. The second-order valence-electron chi connectivity index (χ2n) is 4.17. The van der Waals surface area contributed by atoms with Gasteiger partial charge in [-0.25, -0.2) is 14.5 Å². The van der Waals surface area contributed by atoms with Crippen molar-refractivity contribution in [2.24, 2.45) is 0 Å². The maximum atomic E-state index is 13.8. The maximum Gasteiger partial charge on any atom is 0.216 e. The summed E-state index contributed by atoms with van der Waals surface area (Å²) in [4.78, 5) is 8.39. The normalized spacial score (nSPS) is 11.3. The predicted molar refractivity (Wildman–Crippen MR) is 75.7 cm³/mol. The number of hydrogen-bond donors (Lipinski definition) is 2. The van der Waals surface area contributed by atoms with Crippen molar-refractivity contribution in [3.63, 3.8) is 0 Å². The zero-order valence-electron chi connectivity index (χ0n) is 10.8. The molecule has 0 aliphatic rings. The van der Waals surface area contributed by atoms with Crippen LogP contribution in [0.3, 0.4) is 0 Å². The number of H-pyrrole nitrogens is 1. The summed E-state index contributed by atoms with van der Waals surface area (Å²) in [5.41, 5.74) is 6.68. The van der Waals surface area contributed by atoms with Gasteiger partial charge in [0.1, 0.15) is 11.3 Å². The van der Waals surface area contributed by atoms with E-state index in [9.17, 15) is 4.39 Å². The summed E-state index contributed by atoms with van der Waals surface area (Å²) in [5.74, 6) is 1.32. The lowest BCUT2D eigenvalue weighted by molar-refractivity contribution is 0.637. The Morgan fingerprint density at radius 3 is 2.95 bits per heavy atom. The maximum absolute atomic E-state index is 13.8. The number of imidazole rings is 1. The van der Waals surface area contributed by atoms with Gasteiger partial charge in [-0.3, -0.25) is 0 Å². The van der Waals surface area contributed by atoms with Crippen molar-refractivity contribution in [1.82, 2.24) is 24.7 Å². The highest BCUT2D eigenvalue weighted by molar-refractivity contribution is 7.98. The third-order valence-electron chi connectivity index (χ3n) is 2.94. The van der Waals surface area contributed by atoms with Crippen LogP contribution in [0, 0.1) is 5.82 Å². The average Bonchev–Trinajstić information content (AvgIpc) is 3.00. The molecule has 2 aromatic heterocycles. The van der Waals surface area contributed by atoms with Gasteiger partial charge in [-0.1, -0.05) is 17.8 Å². The second kappa shape index (κ2) is 5.12. The molecule has 0 aliphatic heterocycles. The zero-order valence-corrected chi connectivity index (χ0v) is 11.6. The third kappa shape index (κ3) is 2.22. The number of nitrogens with zero attached hydrogens (tertiary/aromatic N) is 4. The lowest BCUT2D eigenvalue weighted by Crippen LogP contribution is -2.00. The van der Waals surface area contributed by atoms with Crippen LogP contribution in [-0.2, 0) is 12.3 Å². The van der Waals surface area contributed by atoms with Crippen molar-refractivity contribution in [2.75, 3.05) is 5.73 Å². The van der Waals surface area contributed by atoms with Crippen molar-refractivity contribution in [3.8, 4) is 0 Å². The van der Waals surface area contributed by atoms with Crippen LogP contribution in [0.5, 0.6) is 0 Å². The molecule has 0 fully saturated rings. The summed E-state index contributed by atoms with van der Waals surface area (Å²) in [5, 5.41) is 7.08. The van der Waals surface area contributed by atoms with Gasteiger partial charge in [0.05, 0.1) is 11.3 Å². The molecule has 0 saturated carbocycles. The molecule has 0 aliphatic carbocycles. The highest BCUT2D eigenvalue weighted by Gasteiger charge is 2.13. The number of nitrogens with two attached hydrogens (primary N) is 1. The lowest BCUT2D eigenvalue weighted by Gasteiger charge is -2.04. The number of hydrogen-bond acceptors (Lipinski definition) is 5. The summed E-state index contributed by atoms with van der Waals surface area (Å²) in [6, 6.07) is 4.98. The molecular formula is C12H13FN6S. The standard InChI is InChI=1S/C12H13FN6S/c1-2-19-8-5-3-4-7(13)10(8)15-9(19)6-20-12-16-11(14)17-18-12/h3-5H,2,6H2,1H3,(H3,14,16,17,18). The van der Waals surface area contributed by atoms with Gasteiger partial charge in [-0.15, -0.1) is 5.10 Å². The first-order chi connectivity index (χ1) is 9.69. The van der Waals surface area contributed by atoms with Crippen LogP contribution in [0.2, 0.25) is 0 Å². The van der Waals surface area contributed by atoms with Crippen molar-refractivity contribution in [3.05, 3.63) is 29.8 Å². The monoisotopic (exact) mass is 292 g/mol. The molecule has 3 rings (SSSR count). The van der Waals surface area contributed by atoms with E-state index in [0.29, 0.717) is 16.4 Å². The molecule has 104 valence electrons. The molecule has 0 unspecified atom stereocenters. The van der Waals surface area contributed by atoms with E-state index in [1.165, 1.54) is 17.8 Å². The molecule has 0 atom stereocenters. The number of rotatable bonds is 4. The van der Waals surface area contributed by atoms with Crippen molar-refractivity contribution < 1.29 is 4.39 Å². The Kier molecular flexibility index (Phi) is 3.31. The Morgan fingerprint density at radius 1 is 1.40 bits per heavy atom. The van der Waals surface area contributed by atoms with E-state index in [2.05, 4.69) is 20.2 Å². The fraction of sp³-hybridized carbons (Fsp3) is 0.250. The Labute approximate surface area is 118 Å². The molecule has 1 aromatic carbocycles. The van der Waals surface area contributed by atoms with Gasteiger partial charge in [-0.05, 0) is 19.1 Å². The summed E-state index contributed by atoms with van der Waals surface area (Å²) in [6.07, 6.45) is 0. The molecule has 0 spiro atoms. The van der Waals surface area contributed by atoms with Crippen LogP contribution >= 0.6 is 11.8 Å². The van der Waals surface area contributed by atoms with E-state index in [-0.39, 0.29) is 11.8 Å². The van der Waals surface area contributed by atoms with E-state index in [1.54, 1.807) is 6.07 Å². The number of aromatic nitrogens is 5. The van der Waals surface area contributed by atoms with Crippen molar-refractivity contribution >= 4 is 28.7 Å². The number of anilines is 1. The topological polar surface area (TPSA) is 85.4 Å². The highest BCUT2D eigenvalue weighted by Crippen LogP contribution is 2.24. The number of para-hydroxylation sites is 1. The van der Waals surface area contributed by atoms with E-state index in [1.807, 2.05) is 17.6 Å². The summed E-state index contributed by atoms with van der Waals surface area (Å²) < 4.78 is 15.7. The SMILES string of the molecule is CCn1c(CSc2n[nH]c(N)n2)nc2c(F)cccc21. The molecule has 20 heavy (non-hydrogen) atoms. The molecule has 0 radical (unpaired) electrons. The summed E-state index contributed by atoms with van der Waals surface area (Å²) in [7, 11) is 0. The number of aromatic amines is 1. The van der Waals surface area contributed by atoms with Crippen molar-refractivity contribution in [2.45, 2.75) is 24.4 Å². The van der Waals surface area contributed by atoms with Crippen molar-refractivity contribution in [1.29, 1.82) is 0 Å². The molecule has 3 N–H and O–H groups in total. The number of fused-ring (bicyclic) bond motifs is 1. The minimum Gasteiger partial charge on any atom is -0.368 e. The highest BCUT2D eigenvalue weighted by atomic mass is 32.2. The molecule has 0 amide bonds. The van der Waals surface area contributed by atoms with Crippen LogP contribution in [-0.4, -0.2) is 24.7 Å². The predicted octanol–water partition coefficient (Wildman–Crippen LogP) is 2.19. The quantitative estimate of drug-likeness (QED) is 0.720. The minimum atomic E-state index is -0.303. The summed E-state index contributed by atoms with van der Waals surface area (Å²) in [6.45, 7) is 2.73. The number of benzene rings is 1. The van der Waals surface area contributed by atoms with Crippen LogP contribution < -0.4 is 5.73 Å². The van der Waals surface area contributed by atoms with E-state index in [4.69, 9.17) is 5.73 Å². The van der Waals surface area contributed by atoms with Gasteiger partial charge in [-0.2, -0.15) is 4.98 Å². The van der Waals surface area contributed by atoms with Gasteiger partial charge < -0.3 is 10.3 Å². The molecule has 8 heteroatoms. The average molecular weight is 292 g/mol. The molecular weight excluding hydrogens is 279 g/mol. The van der Waals surface area contributed by atoms with Gasteiger partial charge in [0.25, 0.3) is 0 Å². The largest absolute Gasteiger partial charge is 0.368 e. The number of thioether (sulfide) groups is 1. The van der Waals surface area contributed by atoms with E-state index in [0.717, 1.165) is 17.9 Å². The first-order valence-corrected chi connectivity index (χ1v) is 7.12. The Morgan fingerprint density at radius 2 is 2.25 bits per heavy atom. The molecule has 0 saturated heterocycles. The van der Waals surface area contributed by atoms with E-state index < -0.39 is 0 Å². The fourth-order valence-corrected chi connectivity index (χ4v) is 2.83. The third-order valence-corrected chi connectivity index (χ3v) is 3.78. The molecule has 0 bridgehead atoms. The van der Waals surface area contributed by atoms with Gasteiger partial charge in [0, 0.05) is 6.54 Å². The van der Waals surface area contributed by atoms with Gasteiger partial charge >= 0.3 is 0 Å². The second-order valence-corrected chi connectivity index (χ2v) is 5.11. The Balaban J connectivity index is 1.92. The number of halogens is 1. The van der Waals surface area contributed by atoms with E-state index >= 15 is 0 Å². The van der Waals surface area contributed by atoms with Crippen LogP contribution in [0.1, 0.15) is 12.7 Å². The zero-order chi connectivity index (χ0) is 14.1. The molecule has 3 aromatic rings. The van der Waals surface area contributed by atoms with Gasteiger partial charge in [0.2, 0.25) is 11.1 Å². The minimum absolute atomic E-state index is 0.280. The fourth-order valence-electron chi connectivity index (χ4n) is 2.08. The van der Waals surface area contributed by atoms with Crippen LogP contribution in [0.15, 0.2) is 23.4 Å².